The van der Waals surface area contributed by atoms with Crippen LogP contribution in [0.5, 0.6) is 5.75 Å². The summed E-state index contributed by atoms with van der Waals surface area (Å²) in [6.45, 7) is 2.44. The first-order chi connectivity index (χ1) is 8.66. The van der Waals surface area contributed by atoms with Crippen molar-refractivity contribution in [3.05, 3.63) is 51.7 Å². The minimum Gasteiger partial charge on any atom is -0.508 e. The van der Waals surface area contributed by atoms with Crippen molar-refractivity contribution in [2.45, 2.75) is 13.3 Å². The molecule has 0 unspecified atom stereocenters. The summed E-state index contributed by atoms with van der Waals surface area (Å²) in [6, 6.07) is 8.83. The Morgan fingerprint density at radius 3 is 2.89 bits per heavy atom. The van der Waals surface area contributed by atoms with E-state index in [0.29, 0.717) is 12.1 Å². The molecule has 2 aromatic rings. The van der Waals surface area contributed by atoms with Gasteiger partial charge in [0, 0.05) is 17.0 Å². The number of nitrogens with one attached hydrogen (secondary N) is 1. The lowest BCUT2D eigenvalue weighted by atomic mass is 10.1. The standard InChI is InChI=1S/C14H15NO2S/c1-10-9-11(16)4-5-13(10)14(17)15-7-6-12-3-2-8-18-12/h2-5,8-9,16H,6-7H2,1H3,(H,15,17). The van der Waals surface area contributed by atoms with Crippen LogP contribution in [0, 0.1) is 6.92 Å². The van der Waals surface area contributed by atoms with Crippen molar-refractivity contribution in [3.63, 3.8) is 0 Å². The van der Waals surface area contributed by atoms with E-state index in [1.165, 1.54) is 10.9 Å². The number of aromatic hydroxyl groups is 1. The first-order valence-electron chi connectivity index (χ1n) is 5.77. The molecule has 0 saturated carbocycles. The minimum atomic E-state index is -0.0935. The smallest absolute Gasteiger partial charge is 0.251 e. The Kier molecular flexibility index (Phi) is 3.99. The summed E-state index contributed by atoms with van der Waals surface area (Å²) < 4.78 is 0. The molecule has 1 amide bonds. The fraction of sp³-hybridized carbons (Fsp3) is 0.214. The van der Waals surface area contributed by atoms with E-state index >= 15 is 0 Å². The summed E-state index contributed by atoms with van der Waals surface area (Å²) in [4.78, 5) is 13.2. The van der Waals surface area contributed by atoms with Crippen molar-refractivity contribution in [2.75, 3.05) is 6.54 Å². The van der Waals surface area contributed by atoms with Gasteiger partial charge in [0.2, 0.25) is 0 Å². The number of amides is 1. The van der Waals surface area contributed by atoms with Gasteiger partial charge in [0.25, 0.3) is 5.91 Å². The van der Waals surface area contributed by atoms with Crippen LogP contribution in [0.4, 0.5) is 0 Å². The average molecular weight is 261 g/mol. The van der Waals surface area contributed by atoms with Crippen LogP contribution >= 0.6 is 11.3 Å². The highest BCUT2D eigenvalue weighted by atomic mass is 32.1. The van der Waals surface area contributed by atoms with E-state index in [9.17, 15) is 9.90 Å². The van der Waals surface area contributed by atoms with Crippen molar-refractivity contribution in [1.82, 2.24) is 5.32 Å². The minimum absolute atomic E-state index is 0.0935. The molecular weight excluding hydrogens is 246 g/mol. The first-order valence-corrected chi connectivity index (χ1v) is 6.65. The van der Waals surface area contributed by atoms with Crippen LogP contribution in [0.25, 0.3) is 0 Å². The summed E-state index contributed by atoms with van der Waals surface area (Å²) >= 11 is 1.69. The van der Waals surface area contributed by atoms with Crippen LogP contribution in [0.2, 0.25) is 0 Å². The Morgan fingerprint density at radius 1 is 1.39 bits per heavy atom. The Labute approximate surface area is 110 Å². The fourth-order valence-electron chi connectivity index (χ4n) is 1.75. The number of benzene rings is 1. The molecule has 0 radical (unpaired) electrons. The van der Waals surface area contributed by atoms with Crippen LogP contribution in [-0.2, 0) is 6.42 Å². The fourth-order valence-corrected chi connectivity index (χ4v) is 2.46. The monoisotopic (exact) mass is 261 g/mol. The zero-order valence-corrected chi connectivity index (χ0v) is 11.0. The summed E-state index contributed by atoms with van der Waals surface area (Å²) in [7, 11) is 0. The lowest BCUT2D eigenvalue weighted by Gasteiger charge is -2.07. The Bertz CT molecular complexity index is 535. The predicted molar refractivity (Wildman–Crippen MR) is 73.2 cm³/mol. The number of thiophene rings is 1. The van der Waals surface area contributed by atoms with Gasteiger partial charge in [-0.15, -0.1) is 11.3 Å². The maximum atomic E-state index is 11.9. The van der Waals surface area contributed by atoms with Gasteiger partial charge < -0.3 is 10.4 Å². The van der Waals surface area contributed by atoms with Gasteiger partial charge in [0.15, 0.2) is 0 Å². The van der Waals surface area contributed by atoms with Crippen LogP contribution in [0.1, 0.15) is 20.8 Å². The third kappa shape index (κ3) is 3.11. The van der Waals surface area contributed by atoms with Gasteiger partial charge in [0.05, 0.1) is 0 Å². The number of rotatable bonds is 4. The van der Waals surface area contributed by atoms with Crippen LogP contribution in [0.15, 0.2) is 35.7 Å². The molecule has 3 nitrogen and oxygen atoms in total. The number of carbonyl (C=O) groups is 1. The molecule has 0 bridgehead atoms. The predicted octanol–water partition coefficient (Wildman–Crippen LogP) is 2.73. The third-order valence-electron chi connectivity index (χ3n) is 2.69. The van der Waals surface area contributed by atoms with Crippen molar-refractivity contribution in [3.8, 4) is 5.75 Å². The Balaban J connectivity index is 1.91. The molecule has 4 heteroatoms. The Morgan fingerprint density at radius 2 is 2.22 bits per heavy atom. The molecule has 2 rings (SSSR count). The molecule has 0 aliphatic heterocycles. The quantitative estimate of drug-likeness (QED) is 0.889. The molecule has 0 spiro atoms. The Hall–Kier alpha value is -1.81. The number of phenolic OH excluding ortho intramolecular Hbond substituents is 1. The first kappa shape index (κ1) is 12.6. The van der Waals surface area contributed by atoms with Crippen LogP contribution < -0.4 is 5.32 Å². The zero-order chi connectivity index (χ0) is 13.0. The summed E-state index contributed by atoms with van der Waals surface area (Å²) in [5.74, 6) is 0.0895. The summed E-state index contributed by atoms with van der Waals surface area (Å²) in [6.07, 6.45) is 0.848. The van der Waals surface area contributed by atoms with E-state index in [4.69, 9.17) is 0 Å². The molecule has 0 atom stereocenters. The molecule has 0 saturated heterocycles. The zero-order valence-electron chi connectivity index (χ0n) is 10.1. The van der Waals surface area contributed by atoms with E-state index < -0.39 is 0 Å². The second kappa shape index (κ2) is 5.69. The summed E-state index contributed by atoms with van der Waals surface area (Å²) in [5.41, 5.74) is 1.39. The van der Waals surface area contributed by atoms with Crippen molar-refractivity contribution >= 4 is 17.2 Å². The lowest BCUT2D eigenvalue weighted by Crippen LogP contribution is -2.26. The average Bonchev–Trinajstić information content (AvgIpc) is 2.81. The molecular formula is C14H15NO2S. The van der Waals surface area contributed by atoms with E-state index in [2.05, 4.69) is 11.4 Å². The molecule has 1 aromatic carbocycles. The number of phenols is 1. The molecule has 1 heterocycles. The number of aryl methyl sites for hydroxylation is 1. The van der Waals surface area contributed by atoms with E-state index in [1.54, 1.807) is 23.5 Å². The molecule has 1 aromatic heterocycles. The number of hydrogen-bond donors (Lipinski definition) is 2. The lowest BCUT2D eigenvalue weighted by molar-refractivity contribution is 0.0953. The highest BCUT2D eigenvalue weighted by Crippen LogP contribution is 2.15. The highest BCUT2D eigenvalue weighted by molar-refractivity contribution is 7.09. The molecule has 0 aliphatic carbocycles. The molecule has 0 fully saturated rings. The molecule has 18 heavy (non-hydrogen) atoms. The van der Waals surface area contributed by atoms with Gasteiger partial charge in [-0.3, -0.25) is 4.79 Å². The van der Waals surface area contributed by atoms with E-state index in [0.717, 1.165) is 12.0 Å². The van der Waals surface area contributed by atoms with Gasteiger partial charge in [-0.1, -0.05) is 6.07 Å². The molecule has 94 valence electrons. The van der Waals surface area contributed by atoms with Crippen molar-refractivity contribution in [1.29, 1.82) is 0 Å². The third-order valence-corrected chi connectivity index (χ3v) is 3.63. The number of hydrogen-bond acceptors (Lipinski definition) is 3. The van der Waals surface area contributed by atoms with Gasteiger partial charge in [-0.25, -0.2) is 0 Å². The van der Waals surface area contributed by atoms with Crippen molar-refractivity contribution < 1.29 is 9.90 Å². The van der Waals surface area contributed by atoms with Crippen LogP contribution in [0.3, 0.4) is 0 Å². The highest BCUT2D eigenvalue weighted by Gasteiger charge is 2.08. The molecule has 2 N–H and O–H groups in total. The normalized spacial score (nSPS) is 10.3. The van der Waals surface area contributed by atoms with E-state index in [1.807, 2.05) is 18.4 Å². The second-order valence-corrected chi connectivity index (χ2v) is 5.12. The van der Waals surface area contributed by atoms with Crippen molar-refractivity contribution in [2.24, 2.45) is 0 Å². The maximum absolute atomic E-state index is 11.9. The van der Waals surface area contributed by atoms with Gasteiger partial charge in [-0.2, -0.15) is 0 Å². The summed E-state index contributed by atoms with van der Waals surface area (Å²) in [5, 5.41) is 14.2. The SMILES string of the molecule is Cc1cc(O)ccc1C(=O)NCCc1cccs1. The second-order valence-electron chi connectivity index (χ2n) is 4.08. The van der Waals surface area contributed by atoms with E-state index in [-0.39, 0.29) is 11.7 Å². The van der Waals surface area contributed by atoms with Gasteiger partial charge >= 0.3 is 0 Å². The maximum Gasteiger partial charge on any atom is 0.251 e. The molecule has 0 aliphatic rings. The van der Waals surface area contributed by atoms with Crippen LogP contribution in [-0.4, -0.2) is 17.6 Å². The van der Waals surface area contributed by atoms with Gasteiger partial charge in [-0.05, 0) is 48.6 Å². The largest absolute Gasteiger partial charge is 0.508 e. The van der Waals surface area contributed by atoms with Gasteiger partial charge in [0.1, 0.15) is 5.75 Å². The topological polar surface area (TPSA) is 49.3 Å². The number of carbonyl (C=O) groups excluding carboxylic acids is 1.